The van der Waals surface area contributed by atoms with Gasteiger partial charge in [0.25, 0.3) is 5.91 Å². The van der Waals surface area contributed by atoms with Gasteiger partial charge in [0.15, 0.2) is 5.75 Å². The maximum absolute atomic E-state index is 12.3. The van der Waals surface area contributed by atoms with E-state index in [1.165, 1.54) is 7.11 Å². The highest BCUT2D eigenvalue weighted by Crippen LogP contribution is 2.31. The monoisotopic (exact) mass is 264 g/mol. The maximum atomic E-state index is 12.3. The smallest absolute Gasteiger partial charge is 0.255 e. The standard InChI is InChI=1S/C14H20N2O3/c1-19-12-10(5-4-6-11(12)15)13(18)16-14(9-17)7-2-3-8-14/h4-6,17H,2-3,7-9,15H2,1H3,(H,16,18). The number of nitrogen functional groups attached to an aromatic ring is 1. The van der Waals surface area contributed by atoms with E-state index < -0.39 is 5.54 Å². The lowest BCUT2D eigenvalue weighted by Crippen LogP contribution is -2.49. The van der Waals surface area contributed by atoms with Gasteiger partial charge in [-0.25, -0.2) is 0 Å². The second-order valence-electron chi connectivity index (χ2n) is 5.03. The SMILES string of the molecule is COc1c(N)cccc1C(=O)NC1(CO)CCCC1. The number of carbonyl (C=O) groups is 1. The first-order chi connectivity index (χ1) is 9.12. The summed E-state index contributed by atoms with van der Waals surface area (Å²) in [6, 6.07) is 5.07. The highest BCUT2D eigenvalue weighted by Gasteiger charge is 2.35. The van der Waals surface area contributed by atoms with Crippen molar-refractivity contribution in [3.63, 3.8) is 0 Å². The molecule has 1 fully saturated rings. The number of anilines is 1. The number of carbonyl (C=O) groups excluding carboxylic acids is 1. The third kappa shape index (κ3) is 2.66. The molecule has 0 spiro atoms. The van der Waals surface area contributed by atoms with Crippen LogP contribution in [-0.2, 0) is 0 Å². The molecule has 4 N–H and O–H groups in total. The van der Waals surface area contributed by atoms with Crippen molar-refractivity contribution in [1.29, 1.82) is 0 Å². The van der Waals surface area contributed by atoms with Crippen molar-refractivity contribution >= 4 is 11.6 Å². The second kappa shape index (κ2) is 5.48. The second-order valence-corrected chi connectivity index (χ2v) is 5.03. The molecule has 1 aliphatic rings. The lowest BCUT2D eigenvalue weighted by atomic mass is 9.98. The number of nitrogens with two attached hydrogens (primary N) is 1. The molecule has 104 valence electrons. The van der Waals surface area contributed by atoms with E-state index in [2.05, 4.69) is 5.32 Å². The molecule has 0 radical (unpaired) electrons. The Labute approximate surface area is 112 Å². The third-order valence-corrected chi connectivity index (χ3v) is 3.74. The Hall–Kier alpha value is -1.75. The number of benzene rings is 1. The summed E-state index contributed by atoms with van der Waals surface area (Å²) < 4.78 is 5.18. The lowest BCUT2D eigenvalue weighted by molar-refractivity contribution is 0.0835. The van der Waals surface area contributed by atoms with Crippen molar-refractivity contribution in [3.8, 4) is 5.75 Å². The third-order valence-electron chi connectivity index (χ3n) is 3.74. The van der Waals surface area contributed by atoms with Crippen molar-refractivity contribution in [1.82, 2.24) is 5.32 Å². The Bertz CT molecular complexity index is 468. The molecule has 1 amide bonds. The zero-order valence-electron chi connectivity index (χ0n) is 11.1. The Balaban J connectivity index is 2.22. The number of aliphatic hydroxyl groups excluding tert-OH is 1. The minimum atomic E-state index is -0.493. The molecular formula is C14H20N2O3. The van der Waals surface area contributed by atoms with Crippen LogP contribution in [0.1, 0.15) is 36.0 Å². The molecule has 0 aromatic heterocycles. The number of methoxy groups -OCH3 is 1. The van der Waals surface area contributed by atoms with E-state index in [-0.39, 0.29) is 12.5 Å². The van der Waals surface area contributed by atoms with Crippen molar-refractivity contribution < 1.29 is 14.6 Å². The van der Waals surface area contributed by atoms with E-state index in [0.29, 0.717) is 17.0 Å². The van der Waals surface area contributed by atoms with Crippen LogP contribution in [0.25, 0.3) is 0 Å². The van der Waals surface area contributed by atoms with Crippen LogP contribution in [0.2, 0.25) is 0 Å². The zero-order valence-corrected chi connectivity index (χ0v) is 11.1. The summed E-state index contributed by atoms with van der Waals surface area (Å²) in [6.07, 6.45) is 3.66. The Morgan fingerprint density at radius 3 is 2.74 bits per heavy atom. The molecule has 5 heteroatoms. The largest absolute Gasteiger partial charge is 0.494 e. The summed E-state index contributed by atoms with van der Waals surface area (Å²) in [5.41, 5.74) is 6.13. The van der Waals surface area contributed by atoms with Crippen LogP contribution in [0, 0.1) is 0 Å². The Morgan fingerprint density at radius 1 is 1.47 bits per heavy atom. The van der Waals surface area contributed by atoms with Crippen molar-refractivity contribution in [2.24, 2.45) is 0 Å². The van der Waals surface area contributed by atoms with Crippen LogP contribution in [-0.4, -0.2) is 30.3 Å². The number of hydrogen-bond acceptors (Lipinski definition) is 4. The fourth-order valence-corrected chi connectivity index (χ4v) is 2.64. The van der Waals surface area contributed by atoms with Gasteiger partial charge in [-0.2, -0.15) is 0 Å². The summed E-state index contributed by atoms with van der Waals surface area (Å²) in [5.74, 6) is 0.131. The van der Waals surface area contributed by atoms with E-state index in [4.69, 9.17) is 10.5 Å². The van der Waals surface area contributed by atoms with E-state index in [9.17, 15) is 9.90 Å². The van der Waals surface area contributed by atoms with Gasteiger partial charge in [0.05, 0.1) is 30.5 Å². The van der Waals surface area contributed by atoms with Gasteiger partial charge in [0.1, 0.15) is 0 Å². The van der Waals surface area contributed by atoms with Crippen LogP contribution in [0.5, 0.6) is 5.75 Å². The van der Waals surface area contributed by atoms with Crippen molar-refractivity contribution in [3.05, 3.63) is 23.8 Å². The number of ether oxygens (including phenoxy) is 1. The molecule has 2 rings (SSSR count). The molecule has 0 bridgehead atoms. The summed E-state index contributed by atoms with van der Waals surface area (Å²) in [6.45, 7) is -0.0383. The number of nitrogens with one attached hydrogen (secondary N) is 1. The zero-order chi connectivity index (χ0) is 13.9. The predicted octanol–water partition coefficient (Wildman–Crippen LogP) is 1.31. The van der Waals surface area contributed by atoms with Crippen LogP contribution in [0.4, 0.5) is 5.69 Å². The van der Waals surface area contributed by atoms with Crippen LogP contribution < -0.4 is 15.8 Å². The number of rotatable bonds is 4. The minimum absolute atomic E-state index is 0.0383. The molecule has 0 unspecified atom stereocenters. The average molecular weight is 264 g/mol. The maximum Gasteiger partial charge on any atom is 0.255 e. The van der Waals surface area contributed by atoms with Gasteiger partial charge in [-0.1, -0.05) is 18.9 Å². The van der Waals surface area contributed by atoms with E-state index in [1.54, 1.807) is 18.2 Å². The molecule has 5 nitrogen and oxygen atoms in total. The van der Waals surface area contributed by atoms with Crippen LogP contribution in [0.15, 0.2) is 18.2 Å². The molecule has 1 aromatic carbocycles. The van der Waals surface area contributed by atoms with Gasteiger partial charge >= 0.3 is 0 Å². The quantitative estimate of drug-likeness (QED) is 0.716. The topological polar surface area (TPSA) is 84.6 Å². The number of aliphatic hydroxyl groups is 1. The van der Waals surface area contributed by atoms with Gasteiger partial charge in [0.2, 0.25) is 0 Å². The van der Waals surface area contributed by atoms with Crippen LogP contribution >= 0.6 is 0 Å². The summed E-state index contributed by atoms with van der Waals surface area (Å²) >= 11 is 0. The molecule has 0 saturated heterocycles. The molecule has 1 saturated carbocycles. The predicted molar refractivity (Wildman–Crippen MR) is 73.2 cm³/mol. The van der Waals surface area contributed by atoms with Gasteiger partial charge < -0.3 is 20.9 Å². The first kappa shape index (κ1) is 13.7. The number of para-hydroxylation sites is 1. The van der Waals surface area contributed by atoms with E-state index in [1.807, 2.05) is 0 Å². The van der Waals surface area contributed by atoms with E-state index in [0.717, 1.165) is 25.7 Å². The molecule has 0 heterocycles. The summed E-state index contributed by atoms with van der Waals surface area (Å²) in [7, 11) is 1.49. The normalized spacial score (nSPS) is 17.2. The number of hydrogen-bond donors (Lipinski definition) is 3. The van der Waals surface area contributed by atoms with Gasteiger partial charge in [-0.3, -0.25) is 4.79 Å². The Kier molecular flexibility index (Phi) is 3.95. The molecule has 19 heavy (non-hydrogen) atoms. The first-order valence-corrected chi connectivity index (χ1v) is 6.48. The van der Waals surface area contributed by atoms with Crippen molar-refractivity contribution in [2.75, 3.05) is 19.5 Å². The van der Waals surface area contributed by atoms with E-state index >= 15 is 0 Å². The lowest BCUT2D eigenvalue weighted by Gasteiger charge is -2.28. The Morgan fingerprint density at radius 2 is 2.16 bits per heavy atom. The minimum Gasteiger partial charge on any atom is -0.494 e. The fraction of sp³-hybridized carbons (Fsp3) is 0.500. The highest BCUT2D eigenvalue weighted by atomic mass is 16.5. The highest BCUT2D eigenvalue weighted by molar-refractivity contribution is 5.99. The average Bonchev–Trinajstić information content (AvgIpc) is 2.87. The van der Waals surface area contributed by atoms with Gasteiger partial charge in [0, 0.05) is 0 Å². The summed E-state index contributed by atoms with van der Waals surface area (Å²) in [4.78, 5) is 12.3. The first-order valence-electron chi connectivity index (χ1n) is 6.48. The molecule has 0 aliphatic heterocycles. The number of amides is 1. The molecular weight excluding hydrogens is 244 g/mol. The van der Waals surface area contributed by atoms with Gasteiger partial charge in [-0.05, 0) is 25.0 Å². The van der Waals surface area contributed by atoms with Crippen LogP contribution in [0.3, 0.4) is 0 Å². The van der Waals surface area contributed by atoms with Crippen molar-refractivity contribution in [2.45, 2.75) is 31.2 Å². The molecule has 0 atom stereocenters. The fourth-order valence-electron chi connectivity index (χ4n) is 2.64. The van der Waals surface area contributed by atoms with Gasteiger partial charge in [-0.15, -0.1) is 0 Å². The molecule has 1 aromatic rings. The molecule has 1 aliphatic carbocycles. The summed E-state index contributed by atoms with van der Waals surface area (Å²) in [5, 5.41) is 12.5.